The standard InChI is InChI=1S/C24H21NO4/c1-16-12-15-20(29-16)22-21(19(26)14-13-17-8-4-2-5-9-17)23(27)24(28)25(22)18-10-6-3-7-11-18/h2-12,15,22,27H,13-14H2,1H3. The van der Waals surface area contributed by atoms with Crippen molar-refractivity contribution in [2.24, 2.45) is 0 Å². The van der Waals surface area contributed by atoms with E-state index in [1.54, 1.807) is 43.3 Å². The summed E-state index contributed by atoms with van der Waals surface area (Å²) in [6, 6.07) is 21.4. The number of carbonyl (C=O) groups excluding carboxylic acids is 2. The Balaban J connectivity index is 1.70. The fourth-order valence-corrected chi connectivity index (χ4v) is 3.65. The second kappa shape index (κ2) is 7.80. The first-order valence-electron chi connectivity index (χ1n) is 9.51. The second-order valence-electron chi connectivity index (χ2n) is 7.03. The highest BCUT2D eigenvalue weighted by Gasteiger charge is 2.45. The third-order valence-electron chi connectivity index (χ3n) is 5.06. The van der Waals surface area contributed by atoms with Crippen LogP contribution in [0, 0.1) is 6.92 Å². The summed E-state index contributed by atoms with van der Waals surface area (Å²) in [6.07, 6.45) is 0.718. The molecule has 2 aromatic carbocycles. The number of hydrogen-bond donors (Lipinski definition) is 1. The third kappa shape index (κ3) is 3.59. The molecule has 1 aliphatic rings. The Kier molecular flexibility index (Phi) is 5.04. The molecule has 1 N–H and O–H groups in total. The predicted molar refractivity (Wildman–Crippen MR) is 110 cm³/mol. The van der Waals surface area contributed by atoms with Crippen LogP contribution in [0.2, 0.25) is 0 Å². The Morgan fingerprint density at radius 1 is 1.00 bits per heavy atom. The number of ketones is 1. The maximum Gasteiger partial charge on any atom is 0.294 e. The van der Waals surface area contributed by atoms with Gasteiger partial charge in [-0.1, -0.05) is 48.5 Å². The number of para-hydroxylation sites is 1. The lowest BCUT2D eigenvalue weighted by Gasteiger charge is -2.25. The molecule has 0 aliphatic carbocycles. The monoisotopic (exact) mass is 387 g/mol. The van der Waals surface area contributed by atoms with E-state index < -0.39 is 17.7 Å². The fraction of sp³-hybridized carbons (Fsp3) is 0.167. The first-order chi connectivity index (χ1) is 14.1. The molecule has 1 amide bonds. The van der Waals surface area contributed by atoms with Crippen molar-refractivity contribution in [1.29, 1.82) is 0 Å². The van der Waals surface area contributed by atoms with Crippen molar-refractivity contribution in [2.75, 3.05) is 4.90 Å². The van der Waals surface area contributed by atoms with Gasteiger partial charge in [-0.2, -0.15) is 0 Å². The van der Waals surface area contributed by atoms with Gasteiger partial charge in [-0.15, -0.1) is 0 Å². The largest absolute Gasteiger partial charge is 0.503 e. The highest BCUT2D eigenvalue weighted by atomic mass is 16.3. The van der Waals surface area contributed by atoms with Gasteiger partial charge in [0.25, 0.3) is 5.91 Å². The Labute approximate surface area is 168 Å². The van der Waals surface area contributed by atoms with Crippen molar-refractivity contribution in [2.45, 2.75) is 25.8 Å². The number of aryl methyl sites for hydroxylation is 2. The van der Waals surface area contributed by atoms with Crippen molar-refractivity contribution in [1.82, 2.24) is 0 Å². The molecule has 4 rings (SSSR count). The Morgan fingerprint density at radius 2 is 1.66 bits per heavy atom. The maximum absolute atomic E-state index is 13.1. The summed E-state index contributed by atoms with van der Waals surface area (Å²) in [4.78, 5) is 27.4. The highest BCUT2D eigenvalue weighted by molar-refractivity contribution is 6.16. The third-order valence-corrected chi connectivity index (χ3v) is 5.06. The molecule has 0 radical (unpaired) electrons. The van der Waals surface area contributed by atoms with Crippen LogP contribution in [0.1, 0.15) is 29.5 Å². The minimum Gasteiger partial charge on any atom is -0.503 e. The molecule has 0 bridgehead atoms. The van der Waals surface area contributed by atoms with E-state index in [1.165, 1.54) is 4.90 Å². The number of Topliss-reactive ketones (excluding diaryl/α,β-unsaturated/α-hetero) is 1. The zero-order valence-corrected chi connectivity index (χ0v) is 16.0. The van der Waals surface area contributed by atoms with Gasteiger partial charge < -0.3 is 9.52 Å². The number of aliphatic hydroxyl groups excluding tert-OH is 1. The number of carbonyl (C=O) groups is 2. The number of amides is 1. The lowest BCUT2D eigenvalue weighted by atomic mass is 9.96. The number of nitrogens with zero attached hydrogens (tertiary/aromatic N) is 1. The van der Waals surface area contributed by atoms with Crippen LogP contribution in [0.3, 0.4) is 0 Å². The summed E-state index contributed by atoms with van der Waals surface area (Å²) < 4.78 is 5.77. The molecule has 1 unspecified atom stereocenters. The van der Waals surface area contributed by atoms with Crippen LogP contribution >= 0.6 is 0 Å². The molecule has 146 valence electrons. The fourth-order valence-electron chi connectivity index (χ4n) is 3.65. The number of furan rings is 1. The lowest BCUT2D eigenvalue weighted by molar-refractivity contribution is -0.118. The lowest BCUT2D eigenvalue weighted by Crippen LogP contribution is -2.30. The molecule has 0 fully saturated rings. The minimum absolute atomic E-state index is 0.0872. The number of hydrogen-bond acceptors (Lipinski definition) is 4. The van der Waals surface area contributed by atoms with Gasteiger partial charge in [0.2, 0.25) is 0 Å². The van der Waals surface area contributed by atoms with E-state index in [-0.39, 0.29) is 17.8 Å². The average molecular weight is 387 g/mol. The first kappa shape index (κ1) is 18.7. The molecule has 2 heterocycles. The van der Waals surface area contributed by atoms with Gasteiger partial charge in [-0.05, 0) is 43.2 Å². The summed E-state index contributed by atoms with van der Waals surface area (Å²) in [6.45, 7) is 1.80. The SMILES string of the molecule is Cc1ccc(C2C(C(=O)CCc3ccccc3)=C(O)C(=O)N2c2ccccc2)o1. The molecule has 1 atom stereocenters. The van der Waals surface area contributed by atoms with Gasteiger partial charge in [-0.25, -0.2) is 0 Å². The molecular formula is C24H21NO4. The maximum atomic E-state index is 13.1. The molecule has 0 spiro atoms. The van der Waals surface area contributed by atoms with E-state index in [0.29, 0.717) is 23.6 Å². The second-order valence-corrected chi connectivity index (χ2v) is 7.03. The van der Waals surface area contributed by atoms with E-state index >= 15 is 0 Å². The Hall–Kier alpha value is -3.60. The van der Waals surface area contributed by atoms with Crippen LogP contribution in [0.15, 0.2) is 88.5 Å². The number of aliphatic hydroxyl groups is 1. The van der Waals surface area contributed by atoms with Crippen molar-refractivity contribution in [3.8, 4) is 0 Å². The highest BCUT2D eigenvalue weighted by Crippen LogP contribution is 2.41. The van der Waals surface area contributed by atoms with E-state index in [4.69, 9.17) is 4.42 Å². The van der Waals surface area contributed by atoms with Gasteiger partial charge in [0, 0.05) is 12.1 Å². The van der Waals surface area contributed by atoms with Crippen LogP contribution in [-0.2, 0) is 16.0 Å². The van der Waals surface area contributed by atoms with Crippen molar-refractivity contribution in [3.05, 3.63) is 101 Å². The number of benzene rings is 2. The summed E-state index contributed by atoms with van der Waals surface area (Å²) in [5, 5.41) is 10.6. The van der Waals surface area contributed by atoms with Gasteiger partial charge in [0.05, 0.1) is 5.57 Å². The summed E-state index contributed by atoms with van der Waals surface area (Å²) in [5.41, 5.74) is 1.70. The van der Waals surface area contributed by atoms with Crippen molar-refractivity contribution < 1.29 is 19.1 Å². The molecule has 5 nitrogen and oxygen atoms in total. The van der Waals surface area contributed by atoms with E-state index in [9.17, 15) is 14.7 Å². The van der Waals surface area contributed by atoms with Gasteiger partial charge in [0.1, 0.15) is 17.6 Å². The van der Waals surface area contributed by atoms with Gasteiger partial charge in [0.15, 0.2) is 11.5 Å². The molecule has 3 aromatic rings. The molecule has 5 heteroatoms. The summed E-state index contributed by atoms with van der Waals surface area (Å²) in [5.74, 6) is -0.254. The van der Waals surface area contributed by atoms with Gasteiger partial charge in [-0.3, -0.25) is 14.5 Å². The van der Waals surface area contributed by atoms with Gasteiger partial charge >= 0.3 is 0 Å². The van der Waals surface area contributed by atoms with Crippen LogP contribution in [0.25, 0.3) is 0 Å². The zero-order chi connectivity index (χ0) is 20.4. The minimum atomic E-state index is -0.790. The Morgan fingerprint density at radius 3 is 2.28 bits per heavy atom. The molecular weight excluding hydrogens is 366 g/mol. The van der Waals surface area contributed by atoms with E-state index in [1.807, 2.05) is 36.4 Å². The van der Waals surface area contributed by atoms with Crippen molar-refractivity contribution >= 4 is 17.4 Å². The topological polar surface area (TPSA) is 70.8 Å². The molecule has 1 aromatic heterocycles. The quantitative estimate of drug-likeness (QED) is 0.666. The van der Waals surface area contributed by atoms with E-state index in [2.05, 4.69) is 0 Å². The summed E-state index contributed by atoms with van der Waals surface area (Å²) >= 11 is 0. The molecule has 1 aliphatic heterocycles. The normalized spacial score (nSPS) is 16.5. The van der Waals surface area contributed by atoms with Crippen molar-refractivity contribution in [3.63, 3.8) is 0 Å². The number of rotatable bonds is 6. The average Bonchev–Trinajstić information content (AvgIpc) is 3.29. The van der Waals surface area contributed by atoms with E-state index in [0.717, 1.165) is 5.56 Å². The van der Waals surface area contributed by atoms with Crippen LogP contribution in [-0.4, -0.2) is 16.8 Å². The zero-order valence-electron chi connectivity index (χ0n) is 16.0. The Bertz CT molecular complexity index is 1070. The van der Waals surface area contributed by atoms with Crippen LogP contribution in [0.4, 0.5) is 5.69 Å². The molecule has 0 saturated heterocycles. The smallest absolute Gasteiger partial charge is 0.294 e. The molecule has 0 saturated carbocycles. The number of anilines is 1. The summed E-state index contributed by atoms with van der Waals surface area (Å²) in [7, 11) is 0. The predicted octanol–water partition coefficient (Wildman–Crippen LogP) is 4.69. The van der Waals surface area contributed by atoms with Crippen LogP contribution in [0.5, 0.6) is 0 Å². The first-order valence-corrected chi connectivity index (χ1v) is 9.51. The molecule has 29 heavy (non-hydrogen) atoms. The van der Waals surface area contributed by atoms with Crippen LogP contribution < -0.4 is 4.90 Å².